The summed E-state index contributed by atoms with van der Waals surface area (Å²) in [6, 6.07) is 8.75. The van der Waals surface area contributed by atoms with Gasteiger partial charge >= 0.3 is 67.8 Å². The van der Waals surface area contributed by atoms with E-state index in [1.165, 1.54) is 6.92 Å². The topological polar surface area (TPSA) is 154 Å². The summed E-state index contributed by atoms with van der Waals surface area (Å²) in [6.07, 6.45) is 5.27. The second-order valence-electron chi connectivity index (χ2n) is 3.77. The summed E-state index contributed by atoms with van der Waals surface area (Å²) in [4.78, 5) is 23.5. The zero-order valence-corrected chi connectivity index (χ0v) is 17.6. The Morgan fingerprint density at radius 2 is 1.10 bits per heavy atom. The van der Waals surface area contributed by atoms with Crippen LogP contribution in [0, 0.1) is 64.1 Å². The first kappa shape index (κ1) is 50.8. The molecule has 1 rings (SSSR count). The second kappa shape index (κ2) is 50.4. The molecule has 0 saturated carbocycles. The van der Waals surface area contributed by atoms with Gasteiger partial charge in [0.05, 0.1) is 5.92 Å². The molecule has 2 atom stereocenters. The molecule has 0 aromatic heterocycles. The van der Waals surface area contributed by atoms with Gasteiger partial charge in [-0.25, -0.2) is 0 Å². The molecule has 0 spiro atoms. The fourth-order valence-electron chi connectivity index (χ4n) is 1.64. The normalized spacial score (nSPS) is 7.63. The third-order valence-electron chi connectivity index (χ3n) is 2.54. The van der Waals surface area contributed by atoms with Crippen LogP contribution in [0.15, 0.2) is 30.3 Å². The number of terminal acetylenes is 1. The van der Waals surface area contributed by atoms with Crippen LogP contribution < -0.4 is 0 Å². The minimum Gasteiger partial charge on any atom is 0 e. The Hall–Kier alpha value is -2.43. The molecule has 2 unspecified atom stereocenters. The van der Waals surface area contributed by atoms with Crippen molar-refractivity contribution in [2.75, 3.05) is 0 Å². The molecule has 160 valence electrons. The molecule has 0 aliphatic rings. The molecule has 10 heteroatoms. The fourth-order valence-corrected chi connectivity index (χ4v) is 1.64. The van der Waals surface area contributed by atoms with Crippen molar-refractivity contribution in [2.45, 2.75) is 13.8 Å². The number of hydrogen-bond donors (Lipinski definition) is 0. The largest absolute Gasteiger partial charge is 0 e. The zero-order valence-electron chi connectivity index (χ0n) is 15.6. The maximum atomic E-state index is 12.1. The first-order valence-electron chi connectivity index (χ1n) is 6.36. The predicted octanol–water partition coefficient (Wildman–Crippen LogP) is 2.11. The molecule has 0 fully saturated rings. The molecule has 0 aliphatic heterocycles. The quantitative estimate of drug-likeness (QED) is 0.204. The summed E-state index contributed by atoms with van der Waals surface area (Å²) in [5.74, 6) is 0.979. The van der Waals surface area contributed by atoms with Crippen molar-refractivity contribution in [3.8, 4) is 12.3 Å². The van der Waals surface area contributed by atoms with Crippen molar-refractivity contribution < 1.29 is 71.1 Å². The monoisotopic (exact) mass is 500 g/mol. The third kappa shape index (κ3) is 27.8. The van der Waals surface area contributed by atoms with Crippen molar-refractivity contribution in [1.29, 1.82) is 0 Å². The molecule has 0 heterocycles. The van der Waals surface area contributed by atoms with E-state index in [-0.39, 0.29) is 51.0 Å². The molecule has 0 amide bonds. The molecule has 30 heavy (non-hydrogen) atoms. The average molecular weight is 500 g/mol. The van der Waals surface area contributed by atoms with Crippen molar-refractivity contribution in [3.63, 3.8) is 0 Å². The molecule has 1 aromatic rings. The second-order valence-corrected chi connectivity index (χ2v) is 3.77. The smallest absolute Gasteiger partial charge is 0 e. The standard InChI is InChI=1S/C14H14O2.6CO.2Co/c1-4-10(2)13(11(3)15)14(16)12-8-6-5-7-9-12;6*1-2;;/h1,5-10,13H,2-3H3;;;;;;;;. The third-order valence-corrected chi connectivity index (χ3v) is 2.54. The molecule has 0 N–H and O–H groups in total. The van der Waals surface area contributed by atoms with Crippen LogP contribution in [-0.2, 0) is 66.3 Å². The Morgan fingerprint density at radius 3 is 1.33 bits per heavy atom. The Morgan fingerprint density at radius 1 is 0.800 bits per heavy atom. The Balaban J connectivity index is -0.0000000498. The number of benzene rings is 1. The van der Waals surface area contributed by atoms with Crippen LogP contribution in [-0.4, -0.2) is 11.6 Å². The molecule has 1 aromatic carbocycles. The van der Waals surface area contributed by atoms with E-state index in [2.05, 4.69) is 45.8 Å². The van der Waals surface area contributed by atoms with E-state index in [0.29, 0.717) is 5.56 Å². The Labute approximate surface area is 196 Å². The van der Waals surface area contributed by atoms with Gasteiger partial charge in [-0.2, -0.15) is 0 Å². The number of Topliss-reactive ketones (excluding diaryl/α,β-unsaturated/α-hetero) is 2. The molecule has 0 saturated heterocycles. The average Bonchev–Trinajstić information content (AvgIpc) is 2.82. The van der Waals surface area contributed by atoms with Crippen LogP contribution >= 0.6 is 0 Å². The summed E-state index contributed by atoms with van der Waals surface area (Å²) in [6.45, 7) is 30.1. The summed E-state index contributed by atoms with van der Waals surface area (Å²) in [5.41, 5.74) is 0.532. The number of ketones is 2. The molecule has 0 aliphatic carbocycles. The van der Waals surface area contributed by atoms with Gasteiger partial charge in [0.25, 0.3) is 0 Å². The van der Waals surface area contributed by atoms with E-state index in [1.54, 1.807) is 31.2 Å². The van der Waals surface area contributed by atoms with Gasteiger partial charge in [-0.05, 0) is 6.92 Å². The minimum atomic E-state index is -0.729. The van der Waals surface area contributed by atoms with Crippen LogP contribution in [0.25, 0.3) is 0 Å². The van der Waals surface area contributed by atoms with E-state index in [9.17, 15) is 9.59 Å². The summed E-state index contributed by atoms with van der Waals surface area (Å²) >= 11 is 0. The van der Waals surface area contributed by atoms with Gasteiger partial charge in [0.1, 0.15) is 5.78 Å². The summed E-state index contributed by atoms with van der Waals surface area (Å²) in [5, 5.41) is 0. The molecule has 0 bridgehead atoms. The van der Waals surface area contributed by atoms with Gasteiger partial charge in [-0.3, -0.25) is 9.59 Å². The van der Waals surface area contributed by atoms with Gasteiger partial charge in [-0.15, -0.1) is 12.3 Å². The van der Waals surface area contributed by atoms with Gasteiger partial charge in [0, 0.05) is 45.0 Å². The predicted molar refractivity (Wildman–Crippen MR) is 86.5 cm³/mol. The number of carbonyl (C=O) groups excluding carboxylic acids is 2. The van der Waals surface area contributed by atoms with Crippen molar-refractivity contribution >= 4 is 11.6 Å². The Bertz CT molecular complexity index is 633. The first-order chi connectivity index (χ1) is 13.6. The van der Waals surface area contributed by atoms with E-state index < -0.39 is 5.92 Å². The van der Waals surface area contributed by atoms with E-state index in [4.69, 9.17) is 34.3 Å². The van der Waals surface area contributed by atoms with Gasteiger partial charge in [0.2, 0.25) is 0 Å². The Kier molecular flexibility index (Phi) is 85.3. The maximum absolute atomic E-state index is 12.1. The fraction of sp³-hybridized carbons (Fsp3) is 0.200. The SMILES string of the molecule is C#CC(C)C(C(C)=O)C(=O)c1ccccc1.[C-]#[O+].[C-]#[O+].[C-]#[O+].[C-]#[O+].[C-]#[O+].[C-]#[O+].[Co].[Co]. The van der Waals surface area contributed by atoms with Gasteiger partial charge in [-0.1, -0.05) is 37.3 Å². The zero-order chi connectivity index (χ0) is 24.1. The van der Waals surface area contributed by atoms with Crippen molar-refractivity contribution in [3.05, 3.63) is 75.8 Å². The van der Waals surface area contributed by atoms with Gasteiger partial charge in [0.15, 0.2) is 5.78 Å². The molecule has 2 radical (unpaired) electrons. The number of hydrogen-bond acceptors (Lipinski definition) is 2. The summed E-state index contributed by atoms with van der Waals surface area (Å²) in [7, 11) is 0. The van der Waals surface area contributed by atoms with Crippen LogP contribution in [0.4, 0.5) is 0 Å². The maximum Gasteiger partial charge on any atom is 0 e. The number of carbonyl (C=O) groups is 2. The van der Waals surface area contributed by atoms with Crippen molar-refractivity contribution in [2.24, 2.45) is 11.8 Å². The molecular formula is C20H14Co2O8. The van der Waals surface area contributed by atoms with Gasteiger partial charge < -0.3 is 0 Å². The van der Waals surface area contributed by atoms with Crippen LogP contribution in [0.1, 0.15) is 24.2 Å². The van der Waals surface area contributed by atoms with E-state index >= 15 is 0 Å². The molecular weight excluding hydrogens is 486 g/mol. The number of rotatable bonds is 4. The van der Waals surface area contributed by atoms with Crippen LogP contribution in [0.3, 0.4) is 0 Å². The van der Waals surface area contributed by atoms with Crippen molar-refractivity contribution in [1.82, 2.24) is 0 Å². The van der Waals surface area contributed by atoms with Crippen LogP contribution in [0.2, 0.25) is 0 Å². The summed E-state index contributed by atoms with van der Waals surface area (Å²) < 4.78 is 45.0. The molecule has 8 nitrogen and oxygen atoms in total. The van der Waals surface area contributed by atoms with Crippen LogP contribution in [0.5, 0.6) is 0 Å². The van der Waals surface area contributed by atoms with E-state index in [1.807, 2.05) is 6.07 Å². The minimum absolute atomic E-state index is 0. The first-order valence-corrected chi connectivity index (χ1v) is 6.36. The van der Waals surface area contributed by atoms with E-state index in [0.717, 1.165) is 0 Å².